The van der Waals surface area contributed by atoms with Crippen LogP contribution in [-0.2, 0) is 75.1 Å². The number of likely N-dealkylation sites (tertiary alicyclic amines) is 1. The van der Waals surface area contributed by atoms with E-state index in [-0.39, 0.29) is 81.5 Å². The largest absolute Gasteiger partial charge is 0.480 e. The molecule has 27 nitrogen and oxygen atoms in total. The van der Waals surface area contributed by atoms with Crippen LogP contribution in [0.2, 0.25) is 0 Å². The SMILES string of the molecule is CCC(C)CC(=O)NC1CCc2cccc3c2N(C1=O)C(C(=O)NC1CC(=O)OC1OC)C3.NC(=O)CCNC(=O)CN(CC(=O)O)C(=O)CCNC(=O)CN1CCC(CN2CCN(CC(=O)O)CCN(CC(=O)O)CC2)CC1. The summed E-state index contributed by atoms with van der Waals surface area (Å²) in [7, 11) is 1.41. The molecule has 0 bridgehead atoms. The molecule has 0 aromatic heterocycles. The van der Waals surface area contributed by atoms with Gasteiger partial charge in [-0.2, -0.15) is 0 Å². The number of piperidine rings is 1. The number of carboxylic acids is 3. The lowest BCUT2D eigenvalue weighted by Gasteiger charge is -2.35. The number of primary amides is 1. The van der Waals surface area contributed by atoms with Crippen LogP contribution in [0.1, 0.15) is 76.3 Å². The highest BCUT2D eigenvalue weighted by atomic mass is 16.7. The summed E-state index contributed by atoms with van der Waals surface area (Å²) < 4.78 is 10.2. The fourth-order valence-corrected chi connectivity index (χ4v) is 10.3. The molecule has 0 saturated carbocycles. The van der Waals surface area contributed by atoms with Gasteiger partial charge in [-0.05, 0) is 61.7 Å². The molecule has 438 valence electrons. The molecule has 3 fully saturated rings. The van der Waals surface area contributed by atoms with Crippen molar-refractivity contribution < 1.29 is 77.5 Å². The predicted molar refractivity (Wildman–Crippen MR) is 282 cm³/mol. The first kappa shape index (κ1) is 63.0. The van der Waals surface area contributed by atoms with Gasteiger partial charge in [0.1, 0.15) is 31.2 Å². The van der Waals surface area contributed by atoms with Gasteiger partial charge in [0.2, 0.25) is 47.6 Å². The van der Waals surface area contributed by atoms with Gasteiger partial charge >= 0.3 is 23.9 Å². The fourth-order valence-electron chi connectivity index (χ4n) is 10.3. The molecule has 5 aliphatic rings. The molecule has 0 aliphatic carbocycles. The lowest BCUT2D eigenvalue weighted by Crippen LogP contribution is -2.56. The monoisotopic (exact) mass is 1110 g/mol. The Balaban J connectivity index is 0.000000305. The summed E-state index contributed by atoms with van der Waals surface area (Å²) in [6, 6.07) is 3.74. The highest BCUT2D eigenvalue weighted by molar-refractivity contribution is 6.08. The lowest BCUT2D eigenvalue weighted by molar-refractivity contribution is -0.160. The summed E-state index contributed by atoms with van der Waals surface area (Å²) >= 11 is 0. The third-order valence-corrected chi connectivity index (χ3v) is 14.7. The predicted octanol–water partition coefficient (Wildman–Crippen LogP) is -2.59. The van der Waals surface area contributed by atoms with Crippen LogP contribution >= 0.6 is 0 Å². The zero-order valence-corrected chi connectivity index (χ0v) is 45.5. The lowest BCUT2D eigenvalue weighted by atomic mass is 9.96. The van der Waals surface area contributed by atoms with Gasteiger partial charge < -0.3 is 61.6 Å². The quantitative estimate of drug-likeness (QED) is 0.0466. The summed E-state index contributed by atoms with van der Waals surface area (Å²) in [5.41, 5.74) is 7.70. The van der Waals surface area contributed by atoms with Gasteiger partial charge in [0.15, 0.2) is 0 Å². The molecule has 1 aromatic carbocycles. The number of amides is 7. The van der Waals surface area contributed by atoms with Crippen LogP contribution in [0.25, 0.3) is 0 Å². The minimum Gasteiger partial charge on any atom is -0.480 e. The van der Waals surface area contributed by atoms with Crippen LogP contribution in [-0.4, -0.2) is 241 Å². The van der Waals surface area contributed by atoms with Crippen molar-refractivity contribution in [2.75, 3.05) is 117 Å². The molecular formula is C52H79N11O16. The number of esters is 1. The highest BCUT2D eigenvalue weighted by Gasteiger charge is 2.46. The number of anilines is 1. The molecule has 6 rings (SSSR count). The molecule has 1 aromatic rings. The Morgan fingerprint density at radius 3 is 1.92 bits per heavy atom. The van der Waals surface area contributed by atoms with Gasteiger partial charge in [0, 0.05) is 91.7 Å². The van der Waals surface area contributed by atoms with Crippen LogP contribution in [0.3, 0.4) is 0 Å². The number of rotatable bonds is 25. The number of carbonyl (C=O) groups is 11. The number of cyclic esters (lactones) is 1. The van der Waals surface area contributed by atoms with Gasteiger partial charge in [-0.25, -0.2) is 0 Å². The highest BCUT2D eigenvalue weighted by Crippen LogP contribution is 2.39. The van der Waals surface area contributed by atoms with E-state index in [2.05, 4.69) is 26.2 Å². The Kier molecular flexibility index (Phi) is 24.8. The Hall–Kier alpha value is -6.81. The second kappa shape index (κ2) is 31.1. The van der Waals surface area contributed by atoms with Gasteiger partial charge in [0.05, 0.1) is 31.7 Å². The van der Waals surface area contributed by atoms with E-state index < -0.39 is 79.1 Å². The minimum absolute atomic E-state index is 0.0113. The van der Waals surface area contributed by atoms with Crippen molar-refractivity contribution in [1.29, 1.82) is 0 Å². The van der Waals surface area contributed by atoms with E-state index in [0.717, 1.165) is 47.5 Å². The molecule has 27 heteroatoms. The summed E-state index contributed by atoms with van der Waals surface area (Å²) in [4.78, 5) is 143. The maximum atomic E-state index is 13.6. The second-order valence-corrected chi connectivity index (χ2v) is 20.8. The molecule has 9 N–H and O–H groups in total. The zero-order valence-electron chi connectivity index (χ0n) is 45.5. The van der Waals surface area contributed by atoms with E-state index in [1.54, 1.807) is 4.90 Å². The van der Waals surface area contributed by atoms with Crippen molar-refractivity contribution in [2.24, 2.45) is 17.6 Å². The van der Waals surface area contributed by atoms with Gasteiger partial charge in [0.25, 0.3) is 0 Å². The molecular weight excluding hydrogens is 1030 g/mol. The fraction of sp³-hybridized carbons (Fsp3) is 0.673. The Bertz CT molecular complexity index is 2320. The number of nitrogens with one attached hydrogen (secondary N) is 4. The summed E-state index contributed by atoms with van der Waals surface area (Å²) in [5.74, 6) is -5.94. The first-order valence-electron chi connectivity index (χ1n) is 27.0. The number of hydrogen-bond donors (Lipinski definition) is 8. The number of benzene rings is 1. The smallest absolute Gasteiger partial charge is 0.323 e. The normalized spacial score (nSPS) is 21.5. The van der Waals surface area contributed by atoms with Crippen LogP contribution < -0.4 is 31.9 Å². The maximum Gasteiger partial charge on any atom is 0.323 e. The van der Waals surface area contributed by atoms with Crippen molar-refractivity contribution in [1.82, 2.24) is 45.8 Å². The summed E-state index contributed by atoms with van der Waals surface area (Å²) in [6.45, 7) is 8.38. The van der Waals surface area contributed by atoms with Crippen molar-refractivity contribution in [3.05, 3.63) is 29.3 Å². The number of hydrogen-bond acceptors (Lipinski definition) is 17. The van der Waals surface area contributed by atoms with E-state index in [9.17, 15) is 63.0 Å². The van der Waals surface area contributed by atoms with Crippen LogP contribution in [0.15, 0.2) is 18.2 Å². The van der Waals surface area contributed by atoms with E-state index in [1.165, 1.54) is 7.11 Å². The van der Waals surface area contributed by atoms with Gasteiger partial charge in [-0.15, -0.1) is 0 Å². The Morgan fingerprint density at radius 1 is 0.734 bits per heavy atom. The van der Waals surface area contributed by atoms with Crippen molar-refractivity contribution >= 4 is 70.9 Å². The number of carboxylic acid groups (broad SMARTS) is 3. The van der Waals surface area contributed by atoms with Crippen molar-refractivity contribution in [2.45, 2.75) is 102 Å². The first-order chi connectivity index (χ1) is 37.6. The number of aliphatic carboxylic acids is 3. The van der Waals surface area contributed by atoms with Gasteiger partial charge in [-0.3, -0.25) is 72.3 Å². The van der Waals surface area contributed by atoms with Crippen molar-refractivity contribution in [3.63, 3.8) is 0 Å². The van der Waals surface area contributed by atoms with Crippen molar-refractivity contribution in [3.8, 4) is 0 Å². The second-order valence-electron chi connectivity index (χ2n) is 20.8. The molecule has 79 heavy (non-hydrogen) atoms. The number of nitrogens with two attached hydrogens (primary N) is 1. The van der Waals surface area contributed by atoms with Gasteiger partial charge in [-0.1, -0.05) is 38.5 Å². The standard InChI is InChI=1S/C28H48N8O10.C24H31N3O6/c29-22(37)1-5-30-24(39)17-36(20-28(45)46)25(40)2-6-31-23(38)16-32-7-3-21(4-8-32)15-33-9-11-34(18-26(41)42)13-14-35(12-10-33)19-27(43)44;1-4-13(2)10-19(28)25-16-9-8-14-6-5-7-15-11-18(27(21(14)15)23(16)31)22(30)26-17-12-20(29)33-24(17)32-3/h21H,1-20H2,(H2,29,37)(H,30,39)(H,31,38)(H,41,42)(H,43,44)(H,45,46);5-7,13,16-18,24H,4,8-12H2,1-3H3,(H,25,28)(H,26,30). The van der Waals surface area contributed by atoms with Crippen LogP contribution in [0.4, 0.5) is 5.69 Å². The molecule has 0 radical (unpaired) electrons. The molecule has 5 unspecified atom stereocenters. The average Bonchev–Trinajstić information content (AvgIpc) is 4.19. The Morgan fingerprint density at radius 2 is 1.33 bits per heavy atom. The molecule has 5 atom stereocenters. The van der Waals surface area contributed by atoms with E-state index in [1.807, 2.05) is 46.7 Å². The zero-order chi connectivity index (χ0) is 57.8. The molecule has 0 spiro atoms. The molecule has 3 saturated heterocycles. The number of carbonyl (C=O) groups excluding carboxylic acids is 8. The molecule has 7 amide bonds. The number of para-hydroxylation sites is 1. The maximum absolute atomic E-state index is 13.6. The Labute approximate surface area is 459 Å². The third-order valence-electron chi connectivity index (χ3n) is 14.7. The van der Waals surface area contributed by atoms with Crippen LogP contribution in [0.5, 0.6) is 0 Å². The van der Waals surface area contributed by atoms with E-state index >= 15 is 0 Å². The number of methoxy groups -OCH3 is 1. The summed E-state index contributed by atoms with van der Waals surface area (Å²) in [6.07, 6.45) is 3.29. The van der Waals surface area contributed by atoms with Crippen LogP contribution in [0, 0.1) is 11.8 Å². The molecule has 5 aliphatic heterocycles. The topological polar surface area (TPSA) is 361 Å². The van der Waals surface area contributed by atoms with E-state index in [0.29, 0.717) is 84.0 Å². The number of aryl methyl sites for hydroxylation is 1. The summed E-state index contributed by atoms with van der Waals surface area (Å²) in [5, 5.41) is 38.4. The van der Waals surface area contributed by atoms with E-state index in [4.69, 9.17) is 20.3 Å². The first-order valence-corrected chi connectivity index (χ1v) is 27.0. The number of nitrogens with zero attached hydrogens (tertiary/aromatic N) is 6. The number of ether oxygens (including phenoxy) is 2. The average molecular weight is 1110 g/mol. The third kappa shape index (κ3) is 20.4. The minimum atomic E-state index is -1.30. The molecule has 5 heterocycles.